The van der Waals surface area contributed by atoms with Gasteiger partial charge in [-0.3, -0.25) is 4.79 Å². The van der Waals surface area contributed by atoms with Crippen LogP contribution < -0.4 is 4.74 Å². The minimum atomic E-state index is 0.140. The van der Waals surface area contributed by atoms with E-state index in [1.54, 1.807) is 22.3 Å². The Morgan fingerprint density at radius 2 is 2.07 bits per heavy atom. The molecule has 2 rings (SSSR count). The molecule has 0 bridgehead atoms. The highest BCUT2D eigenvalue weighted by Gasteiger charge is 2.16. The van der Waals surface area contributed by atoms with Gasteiger partial charge in [0, 0.05) is 18.3 Å². The van der Waals surface area contributed by atoms with Gasteiger partial charge < -0.3 is 9.64 Å². The molecular weight excluding hydrogens is 356 g/mol. The van der Waals surface area contributed by atoms with Gasteiger partial charge in [-0.05, 0) is 49.4 Å². The standard InChI is InChI=1S/C22H30N2O2S/c1-7-8-24(22(25)9-15(2)3)12-19-14-27-21(23-19)13-26-20-11-16(4)10-17(5)18(20)6/h7,10-11,14-15H,1,8-9,12-13H2,2-6H3. The van der Waals surface area contributed by atoms with Gasteiger partial charge in [-0.2, -0.15) is 0 Å². The summed E-state index contributed by atoms with van der Waals surface area (Å²) in [6.45, 7) is 15.6. The van der Waals surface area contributed by atoms with Gasteiger partial charge in [0.25, 0.3) is 0 Å². The molecule has 4 nitrogen and oxygen atoms in total. The van der Waals surface area contributed by atoms with Crippen molar-refractivity contribution >= 4 is 17.2 Å². The lowest BCUT2D eigenvalue weighted by molar-refractivity contribution is -0.132. The second-order valence-corrected chi connectivity index (χ2v) is 8.33. The average Bonchev–Trinajstić information content (AvgIpc) is 3.03. The zero-order valence-electron chi connectivity index (χ0n) is 17.0. The van der Waals surface area contributed by atoms with E-state index in [-0.39, 0.29) is 5.91 Å². The molecular formula is C22H30N2O2S. The first-order chi connectivity index (χ1) is 12.8. The molecule has 0 aliphatic heterocycles. The molecule has 0 spiro atoms. The molecule has 0 radical (unpaired) electrons. The topological polar surface area (TPSA) is 42.4 Å². The molecule has 1 aromatic carbocycles. The Balaban J connectivity index is 2.01. The van der Waals surface area contributed by atoms with Gasteiger partial charge in [-0.25, -0.2) is 4.98 Å². The molecule has 1 heterocycles. The van der Waals surface area contributed by atoms with Crippen molar-refractivity contribution in [2.45, 2.75) is 54.2 Å². The molecule has 1 aromatic heterocycles. The van der Waals surface area contributed by atoms with E-state index in [9.17, 15) is 4.79 Å². The molecule has 2 aromatic rings. The Morgan fingerprint density at radius 3 is 2.74 bits per heavy atom. The van der Waals surface area contributed by atoms with Crippen LogP contribution in [0.3, 0.4) is 0 Å². The van der Waals surface area contributed by atoms with Crippen LogP contribution in [0.2, 0.25) is 0 Å². The Bertz CT molecular complexity index is 796. The van der Waals surface area contributed by atoms with E-state index in [2.05, 4.69) is 58.3 Å². The number of carbonyl (C=O) groups is 1. The smallest absolute Gasteiger partial charge is 0.223 e. The summed E-state index contributed by atoms with van der Waals surface area (Å²) < 4.78 is 6.00. The number of benzene rings is 1. The Labute approximate surface area is 166 Å². The highest BCUT2D eigenvalue weighted by atomic mass is 32.1. The minimum absolute atomic E-state index is 0.140. The Hall–Kier alpha value is -2.14. The van der Waals surface area contributed by atoms with Crippen LogP contribution in [0.15, 0.2) is 30.2 Å². The molecule has 5 heteroatoms. The average molecular weight is 387 g/mol. The molecule has 1 amide bonds. The summed E-state index contributed by atoms with van der Waals surface area (Å²) in [4.78, 5) is 18.9. The predicted molar refractivity (Wildman–Crippen MR) is 112 cm³/mol. The zero-order chi connectivity index (χ0) is 20.0. The summed E-state index contributed by atoms with van der Waals surface area (Å²) in [7, 11) is 0. The third-order valence-electron chi connectivity index (χ3n) is 4.35. The van der Waals surface area contributed by atoms with Crippen molar-refractivity contribution in [2.24, 2.45) is 5.92 Å². The van der Waals surface area contributed by atoms with Crippen molar-refractivity contribution in [1.82, 2.24) is 9.88 Å². The summed E-state index contributed by atoms with van der Waals surface area (Å²) in [5, 5.41) is 2.92. The van der Waals surface area contributed by atoms with Crippen molar-refractivity contribution < 1.29 is 9.53 Å². The van der Waals surface area contributed by atoms with Crippen molar-refractivity contribution in [1.29, 1.82) is 0 Å². The van der Waals surface area contributed by atoms with Crippen LogP contribution in [-0.4, -0.2) is 22.3 Å². The number of carbonyl (C=O) groups excluding carboxylic acids is 1. The van der Waals surface area contributed by atoms with Gasteiger partial charge in [0.2, 0.25) is 5.91 Å². The molecule has 0 aliphatic carbocycles. The van der Waals surface area contributed by atoms with E-state index in [4.69, 9.17) is 4.74 Å². The summed E-state index contributed by atoms with van der Waals surface area (Å²) in [5.41, 5.74) is 4.48. The zero-order valence-corrected chi connectivity index (χ0v) is 17.9. The van der Waals surface area contributed by atoms with E-state index in [1.807, 2.05) is 5.38 Å². The SMILES string of the molecule is C=CCN(Cc1csc(COc2cc(C)cc(C)c2C)n1)C(=O)CC(C)C. The summed E-state index contributed by atoms with van der Waals surface area (Å²) in [6.07, 6.45) is 2.30. The second kappa shape index (κ2) is 9.70. The van der Waals surface area contributed by atoms with E-state index in [1.165, 1.54) is 11.1 Å². The number of aryl methyl sites for hydroxylation is 2. The van der Waals surface area contributed by atoms with E-state index < -0.39 is 0 Å². The molecule has 0 aliphatic rings. The molecule has 146 valence electrons. The minimum Gasteiger partial charge on any atom is -0.486 e. The van der Waals surface area contributed by atoms with Crippen LogP contribution in [0, 0.1) is 26.7 Å². The first-order valence-electron chi connectivity index (χ1n) is 9.32. The molecule has 0 N–H and O–H groups in total. The maximum absolute atomic E-state index is 12.4. The number of hydrogen-bond acceptors (Lipinski definition) is 4. The van der Waals surface area contributed by atoms with Crippen LogP contribution in [0.4, 0.5) is 0 Å². The Kier molecular flexibility index (Phi) is 7.60. The lowest BCUT2D eigenvalue weighted by Gasteiger charge is -2.21. The van der Waals surface area contributed by atoms with E-state index in [0.29, 0.717) is 32.0 Å². The first kappa shape index (κ1) is 21.2. The van der Waals surface area contributed by atoms with E-state index in [0.717, 1.165) is 22.0 Å². The van der Waals surface area contributed by atoms with Crippen LogP contribution in [-0.2, 0) is 17.9 Å². The van der Waals surface area contributed by atoms with Crippen LogP contribution in [0.5, 0.6) is 5.75 Å². The maximum Gasteiger partial charge on any atom is 0.223 e. The molecule has 0 saturated heterocycles. The molecule has 27 heavy (non-hydrogen) atoms. The van der Waals surface area contributed by atoms with Crippen molar-refractivity contribution in [2.75, 3.05) is 6.54 Å². The summed E-state index contributed by atoms with van der Waals surface area (Å²) in [5.74, 6) is 1.39. The van der Waals surface area contributed by atoms with Crippen molar-refractivity contribution in [3.05, 3.63) is 57.6 Å². The van der Waals surface area contributed by atoms with Gasteiger partial charge in [-0.15, -0.1) is 17.9 Å². The maximum atomic E-state index is 12.4. The lowest BCUT2D eigenvalue weighted by atomic mass is 10.1. The fraction of sp³-hybridized carbons (Fsp3) is 0.455. The van der Waals surface area contributed by atoms with Gasteiger partial charge >= 0.3 is 0 Å². The monoisotopic (exact) mass is 386 g/mol. The van der Waals surface area contributed by atoms with Crippen LogP contribution in [0.1, 0.15) is 47.7 Å². The summed E-state index contributed by atoms with van der Waals surface area (Å²) >= 11 is 1.57. The quantitative estimate of drug-likeness (QED) is 0.556. The molecule has 0 unspecified atom stereocenters. The van der Waals surface area contributed by atoms with Gasteiger partial charge in [-0.1, -0.05) is 26.0 Å². The number of thiazole rings is 1. The fourth-order valence-corrected chi connectivity index (χ4v) is 3.56. The van der Waals surface area contributed by atoms with Gasteiger partial charge in [0.1, 0.15) is 17.4 Å². The number of hydrogen-bond donors (Lipinski definition) is 0. The highest BCUT2D eigenvalue weighted by molar-refractivity contribution is 7.09. The third-order valence-corrected chi connectivity index (χ3v) is 5.22. The molecule has 0 saturated carbocycles. The van der Waals surface area contributed by atoms with Crippen molar-refractivity contribution in [3.8, 4) is 5.75 Å². The normalized spacial score (nSPS) is 10.9. The lowest BCUT2D eigenvalue weighted by Crippen LogP contribution is -2.31. The molecule has 0 atom stereocenters. The number of amides is 1. The fourth-order valence-electron chi connectivity index (χ4n) is 2.86. The Morgan fingerprint density at radius 1 is 1.33 bits per heavy atom. The molecule has 0 fully saturated rings. The van der Waals surface area contributed by atoms with Crippen LogP contribution >= 0.6 is 11.3 Å². The number of aromatic nitrogens is 1. The number of ether oxygens (including phenoxy) is 1. The largest absolute Gasteiger partial charge is 0.486 e. The van der Waals surface area contributed by atoms with Crippen molar-refractivity contribution in [3.63, 3.8) is 0 Å². The van der Waals surface area contributed by atoms with Gasteiger partial charge in [0.15, 0.2) is 0 Å². The van der Waals surface area contributed by atoms with Crippen LogP contribution in [0.25, 0.3) is 0 Å². The number of rotatable bonds is 9. The first-order valence-corrected chi connectivity index (χ1v) is 10.2. The van der Waals surface area contributed by atoms with E-state index >= 15 is 0 Å². The van der Waals surface area contributed by atoms with Gasteiger partial charge in [0.05, 0.1) is 12.2 Å². The highest BCUT2D eigenvalue weighted by Crippen LogP contribution is 2.25. The second-order valence-electron chi connectivity index (χ2n) is 7.39. The number of nitrogens with zero attached hydrogens (tertiary/aromatic N) is 2. The third kappa shape index (κ3) is 6.21. The predicted octanol–water partition coefficient (Wildman–Crippen LogP) is 5.21. The summed E-state index contributed by atoms with van der Waals surface area (Å²) in [6, 6.07) is 4.22.